The molecule has 0 aliphatic rings. The highest BCUT2D eigenvalue weighted by atomic mass is 32.2. The van der Waals surface area contributed by atoms with Crippen LogP contribution in [0.25, 0.3) is 0 Å². The second-order valence-corrected chi connectivity index (χ2v) is 7.99. The van der Waals surface area contributed by atoms with E-state index in [1.165, 1.54) is 4.68 Å². The van der Waals surface area contributed by atoms with Gasteiger partial charge in [0, 0.05) is 6.04 Å². The summed E-state index contributed by atoms with van der Waals surface area (Å²) in [5.74, 6) is 0.0538. The van der Waals surface area contributed by atoms with Crippen molar-refractivity contribution in [2.24, 2.45) is 5.73 Å². The molecule has 0 radical (unpaired) electrons. The predicted octanol–water partition coefficient (Wildman–Crippen LogP) is 0.511. The third-order valence-electron chi connectivity index (χ3n) is 2.55. The first-order valence-corrected chi connectivity index (χ1v) is 7.16. The second kappa shape index (κ2) is 4.73. The minimum atomic E-state index is -3.13. The molecule has 1 unspecified atom stereocenters. The monoisotopic (exact) mass is 260 g/mol. The first kappa shape index (κ1) is 14.1. The molecule has 2 N–H and O–H groups in total. The van der Waals surface area contributed by atoms with Crippen LogP contribution in [0.2, 0.25) is 0 Å². The van der Waals surface area contributed by atoms with Crippen LogP contribution in [-0.2, 0) is 16.4 Å². The van der Waals surface area contributed by atoms with Gasteiger partial charge in [0.25, 0.3) is 0 Å². The van der Waals surface area contributed by atoms with Crippen molar-refractivity contribution in [2.45, 2.75) is 45.0 Å². The van der Waals surface area contributed by atoms with Crippen molar-refractivity contribution in [2.75, 3.05) is 5.75 Å². The van der Waals surface area contributed by atoms with Crippen LogP contribution >= 0.6 is 0 Å². The molecule has 0 aromatic carbocycles. The van der Waals surface area contributed by atoms with E-state index in [2.05, 4.69) is 10.3 Å². The van der Waals surface area contributed by atoms with E-state index < -0.39 is 14.6 Å². The van der Waals surface area contributed by atoms with Gasteiger partial charge in [0.2, 0.25) is 0 Å². The number of nitrogens with zero attached hydrogens (tertiary/aromatic N) is 3. The zero-order valence-electron chi connectivity index (χ0n) is 10.7. The Hall–Kier alpha value is -0.950. The summed E-state index contributed by atoms with van der Waals surface area (Å²) < 4.78 is 24.5. The summed E-state index contributed by atoms with van der Waals surface area (Å²) in [6.07, 6.45) is 1.68. The Balaban J connectivity index is 2.68. The van der Waals surface area contributed by atoms with Crippen LogP contribution in [0, 0.1) is 0 Å². The summed E-state index contributed by atoms with van der Waals surface area (Å²) in [6.45, 7) is 7.19. The Morgan fingerprint density at radius 2 is 2.06 bits per heavy atom. The maximum absolute atomic E-state index is 11.9. The normalized spacial score (nSPS) is 14.9. The van der Waals surface area contributed by atoms with Crippen LogP contribution in [0.3, 0.4) is 0 Å². The highest BCUT2D eigenvalue weighted by Crippen LogP contribution is 2.16. The van der Waals surface area contributed by atoms with Crippen molar-refractivity contribution in [3.8, 4) is 0 Å². The Morgan fingerprint density at radius 3 is 2.47 bits per heavy atom. The summed E-state index contributed by atoms with van der Waals surface area (Å²) in [7, 11) is -3.13. The van der Waals surface area contributed by atoms with Crippen LogP contribution in [0.1, 0.15) is 39.4 Å². The lowest BCUT2D eigenvalue weighted by Gasteiger charge is -2.18. The lowest BCUT2D eigenvalue weighted by molar-refractivity contribution is 0.545. The molecule has 0 aliphatic carbocycles. The fourth-order valence-electron chi connectivity index (χ4n) is 1.15. The number of hydrogen-bond donors (Lipinski definition) is 1. The SMILES string of the molecule is CC(N)c1cn(CCS(=O)(=O)C(C)(C)C)nn1. The molecular formula is C10H20N4O2S. The van der Waals surface area contributed by atoms with E-state index in [1.807, 2.05) is 0 Å². The third kappa shape index (κ3) is 3.50. The molecule has 0 fully saturated rings. The van der Waals surface area contributed by atoms with E-state index in [9.17, 15) is 8.42 Å². The van der Waals surface area contributed by atoms with E-state index in [4.69, 9.17) is 5.73 Å². The molecule has 1 aromatic heterocycles. The molecule has 1 rings (SSSR count). The molecule has 1 heterocycles. The minimum Gasteiger partial charge on any atom is -0.323 e. The maximum atomic E-state index is 11.9. The van der Waals surface area contributed by atoms with Crippen molar-refractivity contribution in [1.29, 1.82) is 0 Å². The molecule has 1 atom stereocenters. The molecule has 0 amide bonds. The van der Waals surface area contributed by atoms with Gasteiger partial charge in [-0.1, -0.05) is 5.21 Å². The van der Waals surface area contributed by atoms with Gasteiger partial charge in [0.15, 0.2) is 9.84 Å². The fourth-order valence-corrected chi connectivity index (χ4v) is 2.19. The molecular weight excluding hydrogens is 240 g/mol. The number of nitrogens with two attached hydrogens (primary N) is 1. The quantitative estimate of drug-likeness (QED) is 0.851. The lowest BCUT2D eigenvalue weighted by Crippen LogP contribution is -2.32. The molecule has 0 spiro atoms. The molecule has 1 aromatic rings. The van der Waals surface area contributed by atoms with Gasteiger partial charge in [-0.05, 0) is 27.7 Å². The molecule has 7 heteroatoms. The van der Waals surface area contributed by atoms with E-state index in [0.717, 1.165) is 0 Å². The zero-order valence-corrected chi connectivity index (χ0v) is 11.5. The lowest BCUT2D eigenvalue weighted by atomic mass is 10.3. The van der Waals surface area contributed by atoms with E-state index in [-0.39, 0.29) is 11.8 Å². The third-order valence-corrected chi connectivity index (χ3v) is 5.13. The van der Waals surface area contributed by atoms with Crippen molar-refractivity contribution in [3.05, 3.63) is 11.9 Å². The van der Waals surface area contributed by atoms with Crippen molar-refractivity contribution >= 4 is 9.84 Å². The molecule has 0 aliphatic heterocycles. The molecule has 0 saturated heterocycles. The van der Waals surface area contributed by atoms with Gasteiger partial charge in [-0.25, -0.2) is 8.42 Å². The number of hydrogen-bond acceptors (Lipinski definition) is 5. The first-order valence-electron chi connectivity index (χ1n) is 5.51. The largest absolute Gasteiger partial charge is 0.323 e. The Bertz CT molecular complexity index is 471. The van der Waals surface area contributed by atoms with Crippen molar-refractivity contribution < 1.29 is 8.42 Å². The second-order valence-electron chi connectivity index (χ2n) is 5.13. The van der Waals surface area contributed by atoms with E-state index in [0.29, 0.717) is 12.2 Å². The zero-order chi connectivity index (χ0) is 13.3. The Kier molecular flexibility index (Phi) is 3.93. The summed E-state index contributed by atoms with van der Waals surface area (Å²) in [6, 6.07) is -0.192. The first-order chi connectivity index (χ1) is 7.63. The van der Waals surface area contributed by atoms with Gasteiger partial charge < -0.3 is 5.73 Å². The Morgan fingerprint density at radius 1 is 1.47 bits per heavy atom. The average molecular weight is 260 g/mol. The van der Waals surface area contributed by atoms with Gasteiger partial charge in [0.05, 0.1) is 28.9 Å². The van der Waals surface area contributed by atoms with Gasteiger partial charge >= 0.3 is 0 Å². The van der Waals surface area contributed by atoms with Crippen LogP contribution < -0.4 is 5.73 Å². The van der Waals surface area contributed by atoms with Gasteiger partial charge in [0.1, 0.15) is 0 Å². The van der Waals surface area contributed by atoms with E-state index >= 15 is 0 Å². The van der Waals surface area contributed by atoms with Crippen LogP contribution in [-0.4, -0.2) is 33.9 Å². The number of rotatable bonds is 4. The molecule has 98 valence electrons. The highest BCUT2D eigenvalue weighted by molar-refractivity contribution is 7.92. The Labute approximate surface area is 102 Å². The smallest absolute Gasteiger partial charge is 0.157 e. The van der Waals surface area contributed by atoms with Crippen molar-refractivity contribution in [3.63, 3.8) is 0 Å². The summed E-state index contributed by atoms with van der Waals surface area (Å²) >= 11 is 0. The maximum Gasteiger partial charge on any atom is 0.157 e. The van der Waals surface area contributed by atoms with Gasteiger partial charge in [-0.15, -0.1) is 5.10 Å². The minimum absolute atomic E-state index is 0.0538. The molecule has 0 saturated carbocycles. The van der Waals surface area contributed by atoms with Crippen molar-refractivity contribution in [1.82, 2.24) is 15.0 Å². The fraction of sp³-hybridized carbons (Fsp3) is 0.800. The molecule has 0 bridgehead atoms. The van der Waals surface area contributed by atoms with E-state index in [1.54, 1.807) is 33.9 Å². The number of aryl methyl sites for hydroxylation is 1. The average Bonchev–Trinajstić information content (AvgIpc) is 2.61. The van der Waals surface area contributed by atoms with Crippen LogP contribution in [0.15, 0.2) is 6.20 Å². The molecule has 6 nitrogen and oxygen atoms in total. The standard InChI is InChI=1S/C10H20N4O2S/c1-8(11)9-7-14(13-12-9)5-6-17(15,16)10(2,3)4/h7-8H,5-6,11H2,1-4H3. The number of sulfone groups is 1. The number of aromatic nitrogens is 3. The van der Waals surface area contributed by atoms with Crippen LogP contribution in [0.5, 0.6) is 0 Å². The van der Waals surface area contributed by atoms with Crippen LogP contribution in [0.4, 0.5) is 0 Å². The van der Waals surface area contributed by atoms with Gasteiger partial charge in [-0.2, -0.15) is 0 Å². The topological polar surface area (TPSA) is 90.9 Å². The van der Waals surface area contributed by atoms with Gasteiger partial charge in [-0.3, -0.25) is 4.68 Å². The summed E-state index contributed by atoms with van der Waals surface area (Å²) in [5, 5.41) is 7.72. The predicted molar refractivity (Wildman–Crippen MR) is 66.2 cm³/mol. The highest BCUT2D eigenvalue weighted by Gasteiger charge is 2.28. The summed E-state index contributed by atoms with van der Waals surface area (Å²) in [4.78, 5) is 0. The molecule has 17 heavy (non-hydrogen) atoms. The summed E-state index contributed by atoms with van der Waals surface area (Å²) in [5.41, 5.74) is 6.31.